The van der Waals surface area contributed by atoms with E-state index in [1.165, 1.54) is 0 Å². The van der Waals surface area contributed by atoms with Gasteiger partial charge in [-0.1, -0.05) is 6.92 Å². The topological polar surface area (TPSA) is 106 Å². The molecule has 0 aliphatic heterocycles. The van der Waals surface area contributed by atoms with Gasteiger partial charge < -0.3 is 5.73 Å². The van der Waals surface area contributed by atoms with Crippen LogP contribution in [-0.2, 0) is 19.9 Å². The summed E-state index contributed by atoms with van der Waals surface area (Å²) in [6, 6.07) is -0.373. The zero-order valence-corrected chi connectivity index (χ0v) is 10.7. The lowest BCUT2D eigenvalue weighted by molar-refractivity contribution is 0.454. The maximum atomic E-state index is 11.3. The van der Waals surface area contributed by atoms with Crippen LogP contribution in [0.5, 0.6) is 0 Å². The summed E-state index contributed by atoms with van der Waals surface area (Å²) >= 11 is 0. The minimum absolute atomic E-state index is 0.0423. The number of hydrogen-bond acceptors (Lipinski definition) is 5. The van der Waals surface area contributed by atoms with Crippen molar-refractivity contribution in [2.75, 3.05) is 17.9 Å². The Morgan fingerprint density at radius 3 is 2.00 bits per heavy atom. The first-order valence-electron chi connectivity index (χ1n) is 4.45. The van der Waals surface area contributed by atoms with Crippen LogP contribution in [0.3, 0.4) is 0 Å². The molecule has 2 unspecified atom stereocenters. The van der Waals surface area contributed by atoms with Crippen molar-refractivity contribution in [2.24, 2.45) is 11.7 Å². The zero-order chi connectivity index (χ0) is 12.3. The Balaban J connectivity index is 4.53. The van der Waals surface area contributed by atoms with Gasteiger partial charge >= 0.3 is 0 Å². The SMILES string of the molecule is CC(CN)C(C)NS(=O)(=O)CS(C)(=O)=O. The van der Waals surface area contributed by atoms with Crippen molar-refractivity contribution in [3.05, 3.63) is 0 Å². The fourth-order valence-corrected chi connectivity index (χ4v) is 4.24. The average molecular weight is 258 g/mol. The molecule has 92 valence electrons. The molecule has 0 fully saturated rings. The summed E-state index contributed by atoms with van der Waals surface area (Å²) in [4.78, 5) is 0. The first-order chi connectivity index (χ1) is 6.57. The number of rotatable bonds is 6. The van der Waals surface area contributed by atoms with Crippen LogP contribution in [0.25, 0.3) is 0 Å². The van der Waals surface area contributed by atoms with E-state index in [2.05, 4.69) is 4.72 Å². The maximum absolute atomic E-state index is 11.3. The maximum Gasteiger partial charge on any atom is 0.226 e. The van der Waals surface area contributed by atoms with Gasteiger partial charge in [-0.2, -0.15) is 0 Å². The van der Waals surface area contributed by atoms with Crippen LogP contribution in [0.4, 0.5) is 0 Å². The normalized spacial score (nSPS) is 17.3. The van der Waals surface area contributed by atoms with E-state index >= 15 is 0 Å². The molecule has 0 aliphatic carbocycles. The molecule has 0 radical (unpaired) electrons. The van der Waals surface area contributed by atoms with Gasteiger partial charge in [0.25, 0.3) is 0 Å². The highest BCUT2D eigenvalue weighted by Crippen LogP contribution is 2.03. The van der Waals surface area contributed by atoms with Gasteiger partial charge in [0, 0.05) is 12.3 Å². The summed E-state index contributed by atoms with van der Waals surface area (Å²) in [5.74, 6) is -0.0423. The van der Waals surface area contributed by atoms with Crippen molar-refractivity contribution in [3.63, 3.8) is 0 Å². The molecule has 0 spiro atoms. The molecule has 0 aromatic carbocycles. The van der Waals surface area contributed by atoms with Crippen LogP contribution in [0, 0.1) is 5.92 Å². The van der Waals surface area contributed by atoms with E-state index in [1.54, 1.807) is 13.8 Å². The van der Waals surface area contributed by atoms with Crippen molar-refractivity contribution in [1.29, 1.82) is 0 Å². The third kappa shape index (κ3) is 6.82. The summed E-state index contributed by atoms with van der Waals surface area (Å²) in [7, 11) is -7.33. The van der Waals surface area contributed by atoms with Gasteiger partial charge in [-0.3, -0.25) is 0 Å². The van der Waals surface area contributed by atoms with Crippen LogP contribution in [0.15, 0.2) is 0 Å². The van der Waals surface area contributed by atoms with Gasteiger partial charge in [0.05, 0.1) is 0 Å². The van der Waals surface area contributed by atoms with Crippen molar-refractivity contribution in [2.45, 2.75) is 19.9 Å². The first kappa shape index (κ1) is 14.8. The number of nitrogens with one attached hydrogen (secondary N) is 1. The lowest BCUT2D eigenvalue weighted by atomic mass is 10.1. The van der Waals surface area contributed by atoms with Crippen LogP contribution in [0.1, 0.15) is 13.8 Å². The van der Waals surface area contributed by atoms with Crippen LogP contribution in [0.2, 0.25) is 0 Å². The molecule has 15 heavy (non-hydrogen) atoms. The van der Waals surface area contributed by atoms with Crippen molar-refractivity contribution < 1.29 is 16.8 Å². The molecule has 0 bridgehead atoms. The third-order valence-electron chi connectivity index (χ3n) is 1.96. The third-order valence-corrected chi connectivity index (χ3v) is 5.64. The van der Waals surface area contributed by atoms with Crippen LogP contribution in [-0.4, -0.2) is 40.8 Å². The largest absolute Gasteiger partial charge is 0.330 e. The van der Waals surface area contributed by atoms with E-state index in [0.717, 1.165) is 6.26 Å². The molecule has 3 N–H and O–H groups in total. The highest BCUT2D eigenvalue weighted by atomic mass is 32.3. The molecular formula is C7H18N2O4S2. The van der Waals surface area contributed by atoms with E-state index in [0.29, 0.717) is 6.54 Å². The monoisotopic (exact) mass is 258 g/mol. The van der Waals surface area contributed by atoms with E-state index in [9.17, 15) is 16.8 Å². The molecular weight excluding hydrogens is 240 g/mol. The van der Waals surface area contributed by atoms with Crippen LogP contribution >= 0.6 is 0 Å². The molecule has 0 amide bonds. The van der Waals surface area contributed by atoms with E-state index < -0.39 is 24.9 Å². The Hall–Kier alpha value is -0.180. The van der Waals surface area contributed by atoms with Crippen LogP contribution < -0.4 is 10.5 Å². The molecule has 0 saturated carbocycles. The Labute approximate surface area is 91.2 Å². The molecule has 0 aliphatic rings. The Kier molecular flexibility index (Phi) is 5.18. The lowest BCUT2D eigenvalue weighted by Gasteiger charge is -2.19. The second kappa shape index (κ2) is 5.24. The molecule has 2 atom stereocenters. The summed E-state index contributed by atoms with van der Waals surface area (Å²) in [5, 5.41) is -0.887. The minimum atomic E-state index is -3.79. The van der Waals surface area contributed by atoms with Gasteiger partial charge in [0.1, 0.15) is 0 Å². The van der Waals surface area contributed by atoms with Crippen molar-refractivity contribution >= 4 is 19.9 Å². The quantitative estimate of drug-likeness (QED) is 0.628. The minimum Gasteiger partial charge on any atom is -0.330 e. The summed E-state index contributed by atoms with van der Waals surface area (Å²) in [6.45, 7) is 3.77. The Morgan fingerprint density at radius 2 is 1.67 bits per heavy atom. The Bertz CT molecular complexity index is 387. The van der Waals surface area contributed by atoms with Gasteiger partial charge in [-0.25, -0.2) is 21.6 Å². The second-order valence-corrected chi connectivity index (χ2v) is 8.04. The predicted molar refractivity (Wildman–Crippen MR) is 59.4 cm³/mol. The molecule has 6 nitrogen and oxygen atoms in total. The second-order valence-electron chi connectivity index (χ2n) is 3.78. The molecule has 8 heteroatoms. The van der Waals surface area contributed by atoms with Gasteiger partial charge in [-0.05, 0) is 19.4 Å². The van der Waals surface area contributed by atoms with Crippen molar-refractivity contribution in [3.8, 4) is 0 Å². The Morgan fingerprint density at radius 1 is 1.20 bits per heavy atom. The lowest BCUT2D eigenvalue weighted by Crippen LogP contribution is -2.41. The summed E-state index contributed by atoms with van der Waals surface area (Å²) in [6.07, 6.45) is 0.878. The highest BCUT2D eigenvalue weighted by Gasteiger charge is 2.22. The summed E-state index contributed by atoms with van der Waals surface area (Å²) < 4.78 is 46.6. The molecule has 0 heterocycles. The number of sulfone groups is 1. The molecule has 0 rings (SSSR count). The molecule has 0 saturated heterocycles. The number of hydrogen-bond donors (Lipinski definition) is 2. The fourth-order valence-electron chi connectivity index (χ4n) is 0.919. The molecule has 0 aromatic rings. The van der Waals surface area contributed by atoms with E-state index in [1.807, 2.05) is 0 Å². The zero-order valence-electron chi connectivity index (χ0n) is 9.10. The van der Waals surface area contributed by atoms with Gasteiger partial charge in [0.2, 0.25) is 10.0 Å². The number of sulfonamides is 1. The van der Waals surface area contributed by atoms with Gasteiger partial charge in [-0.15, -0.1) is 0 Å². The predicted octanol–water partition coefficient (Wildman–Crippen LogP) is -1.11. The highest BCUT2D eigenvalue weighted by molar-refractivity contribution is 8.06. The molecule has 0 aromatic heterocycles. The first-order valence-corrected chi connectivity index (χ1v) is 8.16. The van der Waals surface area contributed by atoms with E-state index in [-0.39, 0.29) is 12.0 Å². The summed E-state index contributed by atoms with van der Waals surface area (Å²) in [5.41, 5.74) is 5.37. The fraction of sp³-hybridized carbons (Fsp3) is 1.00. The average Bonchev–Trinajstić information content (AvgIpc) is 1.96. The smallest absolute Gasteiger partial charge is 0.226 e. The standard InChI is InChI=1S/C7H18N2O4S2/c1-6(4-8)7(2)9-15(12,13)5-14(3,10)11/h6-7,9H,4-5,8H2,1-3H3. The van der Waals surface area contributed by atoms with Crippen molar-refractivity contribution in [1.82, 2.24) is 4.72 Å². The number of nitrogens with two attached hydrogens (primary N) is 1. The van der Waals surface area contributed by atoms with Gasteiger partial charge in [0.15, 0.2) is 14.9 Å². The van der Waals surface area contributed by atoms with E-state index in [4.69, 9.17) is 5.73 Å².